The van der Waals surface area contributed by atoms with Gasteiger partial charge < -0.3 is 10.4 Å². The number of aliphatic carboxylic acids is 1. The number of carbonyl (C=O) groups excluding carboxylic acids is 1. The summed E-state index contributed by atoms with van der Waals surface area (Å²) in [6.07, 6.45) is 6.18. The van der Waals surface area contributed by atoms with E-state index in [2.05, 4.69) is 10.3 Å². The normalized spacial score (nSPS) is 16.7. The van der Waals surface area contributed by atoms with Crippen molar-refractivity contribution in [3.05, 3.63) is 30.1 Å². The molecule has 0 spiro atoms. The lowest BCUT2D eigenvalue weighted by molar-refractivity contribution is -0.151. The van der Waals surface area contributed by atoms with E-state index in [1.54, 1.807) is 12.4 Å². The fourth-order valence-corrected chi connectivity index (χ4v) is 2.06. The molecule has 1 aromatic heterocycles. The molecule has 1 amide bonds. The van der Waals surface area contributed by atoms with Crippen molar-refractivity contribution in [1.29, 1.82) is 0 Å². The Morgan fingerprint density at radius 2 is 2.00 bits per heavy atom. The fourth-order valence-electron chi connectivity index (χ4n) is 2.06. The van der Waals surface area contributed by atoms with Crippen molar-refractivity contribution in [2.45, 2.75) is 37.6 Å². The zero-order chi connectivity index (χ0) is 13.0. The van der Waals surface area contributed by atoms with Gasteiger partial charge in [0.1, 0.15) is 5.54 Å². The quantitative estimate of drug-likeness (QED) is 0.819. The molecule has 5 heteroatoms. The van der Waals surface area contributed by atoms with Crippen LogP contribution in [0.15, 0.2) is 24.5 Å². The lowest BCUT2D eigenvalue weighted by Crippen LogP contribution is -2.59. The van der Waals surface area contributed by atoms with E-state index >= 15 is 0 Å². The van der Waals surface area contributed by atoms with Crippen LogP contribution in [0.4, 0.5) is 0 Å². The Kier molecular flexibility index (Phi) is 3.60. The number of hydrogen-bond acceptors (Lipinski definition) is 3. The molecular weight excluding hydrogens is 232 g/mol. The highest BCUT2D eigenvalue weighted by Gasteiger charge is 2.45. The molecule has 0 unspecified atom stereocenters. The monoisotopic (exact) mass is 248 g/mol. The molecule has 96 valence electrons. The average molecular weight is 248 g/mol. The van der Waals surface area contributed by atoms with Crippen LogP contribution in [0.5, 0.6) is 0 Å². The molecule has 0 saturated heterocycles. The van der Waals surface area contributed by atoms with Gasteiger partial charge in [-0.1, -0.05) is 0 Å². The highest BCUT2D eigenvalue weighted by atomic mass is 16.4. The van der Waals surface area contributed by atoms with E-state index in [9.17, 15) is 9.59 Å². The van der Waals surface area contributed by atoms with Crippen LogP contribution >= 0.6 is 0 Å². The molecule has 1 fully saturated rings. The van der Waals surface area contributed by atoms with Crippen LogP contribution in [0.2, 0.25) is 0 Å². The first-order valence-corrected chi connectivity index (χ1v) is 6.06. The summed E-state index contributed by atoms with van der Waals surface area (Å²) >= 11 is 0. The maximum atomic E-state index is 11.7. The molecule has 5 nitrogen and oxygen atoms in total. The average Bonchev–Trinajstić information content (AvgIpc) is 2.32. The predicted molar refractivity (Wildman–Crippen MR) is 64.9 cm³/mol. The highest BCUT2D eigenvalue weighted by Crippen LogP contribution is 2.32. The zero-order valence-electron chi connectivity index (χ0n) is 10.1. The number of hydrogen-bond donors (Lipinski definition) is 2. The van der Waals surface area contributed by atoms with E-state index in [0.29, 0.717) is 25.7 Å². The van der Waals surface area contributed by atoms with Crippen molar-refractivity contribution >= 4 is 11.9 Å². The lowest BCUT2D eigenvalue weighted by Gasteiger charge is -2.38. The molecule has 2 N–H and O–H groups in total. The van der Waals surface area contributed by atoms with Crippen molar-refractivity contribution in [3.63, 3.8) is 0 Å². The first kappa shape index (κ1) is 12.5. The van der Waals surface area contributed by atoms with Crippen LogP contribution in [0.1, 0.15) is 31.2 Å². The van der Waals surface area contributed by atoms with E-state index in [1.807, 2.05) is 12.1 Å². The zero-order valence-corrected chi connectivity index (χ0v) is 10.1. The third-order valence-electron chi connectivity index (χ3n) is 3.39. The number of nitrogens with zero attached hydrogens (tertiary/aromatic N) is 1. The first-order chi connectivity index (χ1) is 8.62. The molecule has 2 rings (SSSR count). The summed E-state index contributed by atoms with van der Waals surface area (Å²) in [5.74, 6) is -1.13. The second-order valence-corrected chi connectivity index (χ2v) is 4.64. The van der Waals surface area contributed by atoms with Crippen LogP contribution in [-0.2, 0) is 16.0 Å². The molecule has 0 aromatic carbocycles. The number of carboxylic acids is 1. The van der Waals surface area contributed by atoms with Crippen molar-refractivity contribution < 1.29 is 14.7 Å². The lowest BCUT2D eigenvalue weighted by atomic mass is 9.76. The number of carbonyl (C=O) groups is 2. The Balaban J connectivity index is 1.84. The summed E-state index contributed by atoms with van der Waals surface area (Å²) in [6, 6.07) is 3.70. The molecule has 18 heavy (non-hydrogen) atoms. The second kappa shape index (κ2) is 5.16. The van der Waals surface area contributed by atoms with Crippen molar-refractivity contribution in [2.24, 2.45) is 0 Å². The second-order valence-electron chi connectivity index (χ2n) is 4.64. The van der Waals surface area contributed by atoms with Crippen molar-refractivity contribution in [3.8, 4) is 0 Å². The Labute approximate surface area is 105 Å². The smallest absolute Gasteiger partial charge is 0.329 e. The van der Waals surface area contributed by atoms with Gasteiger partial charge in [-0.3, -0.25) is 9.78 Å². The topological polar surface area (TPSA) is 79.3 Å². The van der Waals surface area contributed by atoms with Gasteiger partial charge in [0, 0.05) is 18.8 Å². The molecule has 1 aliphatic rings. The Bertz CT molecular complexity index is 441. The number of amides is 1. The van der Waals surface area contributed by atoms with Gasteiger partial charge in [0.25, 0.3) is 0 Å². The standard InChI is InChI=1S/C13H16N2O3/c16-11(3-2-10-4-8-14-9-5-10)15-13(12(17)18)6-1-7-13/h4-5,8-9H,1-3,6-7H2,(H,15,16)(H,17,18). The Morgan fingerprint density at radius 1 is 1.33 bits per heavy atom. The van der Waals surface area contributed by atoms with Crippen molar-refractivity contribution in [2.75, 3.05) is 0 Å². The number of carboxylic acid groups (broad SMARTS) is 1. The number of nitrogens with one attached hydrogen (secondary N) is 1. The van der Waals surface area contributed by atoms with E-state index in [-0.39, 0.29) is 5.91 Å². The van der Waals surface area contributed by atoms with Crippen molar-refractivity contribution in [1.82, 2.24) is 10.3 Å². The minimum Gasteiger partial charge on any atom is -0.480 e. The van der Waals surface area contributed by atoms with Crippen LogP contribution in [0.3, 0.4) is 0 Å². The van der Waals surface area contributed by atoms with E-state index in [4.69, 9.17) is 5.11 Å². The van der Waals surface area contributed by atoms with E-state index < -0.39 is 11.5 Å². The van der Waals surface area contributed by atoms with Crippen LogP contribution < -0.4 is 5.32 Å². The Hall–Kier alpha value is -1.91. The molecule has 0 radical (unpaired) electrons. The molecular formula is C13H16N2O3. The summed E-state index contributed by atoms with van der Waals surface area (Å²) in [5, 5.41) is 11.7. The Morgan fingerprint density at radius 3 is 2.50 bits per heavy atom. The maximum Gasteiger partial charge on any atom is 0.329 e. The van der Waals surface area contributed by atoms with E-state index in [1.165, 1.54) is 0 Å². The number of rotatable bonds is 5. The minimum absolute atomic E-state index is 0.200. The summed E-state index contributed by atoms with van der Waals surface area (Å²) in [4.78, 5) is 26.7. The van der Waals surface area contributed by atoms with Gasteiger partial charge in [0.2, 0.25) is 5.91 Å². The molecule has 1 aromatic rings. The van der Waals surface area contributed by atoms with Gasteiger partial charge >= 0.3 is 5.97 Å². The number of aromatic nitrogens is 1. The number of pyridine rings is 1. The third-order valence-corrected chi connectivity index (χ3v) is 3.39. The molecule has 1 aliphatic carbocycles. The van der Waals surface area contributed by atoms with Gasteiger partial charge in [-0.15, -0.1) is 0 Å². The molecule has 0 aliphatic heterocycles. The van der Waals surface area contributed by atoms with Crippen LogP contribution in [-0.4, -0.2) is 27.5 Å². The first-order valence-electron chi connectivity index (χ1n) is 6.06. The highest BCUT2D eigenvalue weighted by molar-refractivity contribution is 5.87. The fraction of sp³-hybridized carbons (Fsp3) is 0.462. The largest absolute Gasteiger partial charge is 0.480 e. The molecule has 0 bridgehead atoms. The summed E-state index contributed by atoms with van der Waals surface area (Å²) in [5.41, 5.74) is 0.0214. The number of aryl methyl sites for hydroxylation is 1. The molecule has 1 heterocycles. The van der Waals surface area contributed by atoms with Gasteiger partial charge in [-0.2, -0.15) is 0 Å². The SMILES string of the molecule is O=C(CCc1ccncc1)NC1(C(=O)O)CCC1. The summed E-state index contributed by atoms with van der Waals surface area (Å²) in [7, 11) is 0. The van der Waals surface area contributed by atoms with E-state index in [0.717, 1.165) is 12.0 Å². The summed E-state index contributed by atoms with van der Waals surface area (Å²) in [6.45, 7) is 0. The van der Waals surface area contributed by atoms with Crippen LogP contribution in [0.25, 0.3) is 0 Å². The van der Waals surface area contributed by atoms with Crippen LogP contribution in [0, 0.1) is 0 Å². The molecule has 1 saturated carbocycles. The van der Waals surface area contributed by atoms with Gasteiger partial charge in [-0.05, 0) is 43.4 Å². The predicted octanol–water partition coefficient (Wildman–Crippen LogP) is 1.14. The maximum absolute atomic E-state index is 11.7. The third kappa shape index (κ3) is 2.67. The van der Waals surface area contributed by atoms with Gasteiger partial charge in [0.05, 0.1) is 0 Å². The summed E-state index contributed by atoms with van der Waals surface area (Å²) < 4.78 is 0. The minimum atomic E-state index is -1.00. The molecule has 0 atom stereocenters. The van der Waals surface area contributed by atoms with Gasteiger partial charge in [0.15, 0.2) is 0 Å². The van der Waals surface area contributed by atoms with Gasteiger partial charge in [-0.25, -0.2) is 4.79 Å².